The molecule has 1 atom stereocenters. The van der Waals surface area contributed by atoms with Crippen LogP contribution in [0.25, 0.3) is 0 Å². The molecule has 3 rings (SSSR count). The molecule has 150 valence electrons. The van der Waals surface area contributed by atoms with E-state index in [-0.39, 0.29) is 6.10 Å². The third-order valence-electron chi connectivity index (χ3n) is 4.90. The van der Waals surface area contributed by atoms with E-state index in [0.29, 0.717) is 11.7 Å². The van der Waals surface area contributed by atoms with Gasteiger partial charge in [0.2, 0.25) is 0 Å². The average Bonchev–Trinajstić information content (AvgIpc) is 2.68. The molecule has 1 fully saturated rings. The predicted molar refractivity (Wildman–Crippen MR) is 122 cm³/mol. The van der Waals surface area contributed by atoms with Crippen molar-refractivity contribution >= 4 is 28.7 Å². The molecule has 5 heteroatoms. The van der Waals surface area contributed by atoms with Gasteiger partial charge in [0.05, 0.1) is 6.10 Å². The minimum Gasteiger partial charge on any atom is -0.491 e. The molecule has 1 aliphatic heterocycles. The summed E-state index contributed by atoms with van der Waals surface area (Å²) in [6.45, 7) is 9.40. The van der Waals surface area contributed by atoms with Gasteiger partial charge >= 0.3 is 0 Å². The fourth-order valence-corrected chi connectivity index (χ4v) is 3.69. The first-order valence-corrected chi connectivity index (χ1v) is 10.6. The SMILES string of the molecule is CC(C)Oc1ccc(NC(=S)NCc2ccc(N3CCC[C@H](C)C3)cc2)cc1. The van der Waals surface area contributed by atoms with Crippen molar-refractivity contribution in [2.45, 2.75) is 46.3 Å². The smallest absolute Gasteiger partial charge is 0.171 e. The minimum atomic E-state index is 0.172. The summed E-state index contributed by atoms with van der Waals surface area (Å²) in [4.78, 5) is 2.49. The summed E-state index contributed by atoms with van der Waals surface area (Å²) < 4.78 is 5.66. The van der Waals surface area contributed by atoms with E-state index < -0.39 is 0 Å². The molecule has 0 unspecified atom stereocenters. The summed E-state index contributed by atoms with van der Waals surface area (Å²) in [5.41, 5.74) is 3.49. The van der Waals surface area contributed by atoms with Crippen LogP contribution in [0.4, 0.5) is 11.4 Å². The quantitative estimate of drug-likeness (QED) is 0.656. The van der Waals surface area contributed by atoms with Gasteiger partial charge in [0, 0.05) is 31.0 Å². The number of piperidine rings is 1. The Bertz CT molecular complexity index is 758. The number of nitrogens with zero attached hydrogens (tertiary/aromatic N) is 1. The molecule has 28 heavy (non-hydrogen) atoms. The van der Waals surface area contributed by atoms with Gasteiger partial charge in [0.25, 0.3) is 0 Å². The van der Waals surface area contributed by atoms with Crippen LogP contribution in [-0.4, -0.2) is 24.3 Å². The highest BCUT2D eigenvalue weighted by atomic mass is 32.1. The Morgan fingerprint density at radius 1 is 1.14 bits per heavy atom. The number of nitrogens with one attached hydrogen (secondary N) is 2. The number of rotatable bonds is 6. The van der Waals surface area contributed by atoms with Crippen LogP contribution in [0.3, 0.4) is 0 Å². The molecule has 0 aliphatic carbocycles. The summed E-state index contributed by atoms with van der Waals surface area (Å²) >= 11 is 5.42. The number of hydrogen-bond acceptors (Lipinski definition) is 3. The van der Waals surface area contributed by atoms with Gasteiger partial charge in [-0.3, -0.25) is 0 Å². The maximum Gasteiger partial charge on any atom is 0.171 e. The lowest BCUT2D eigenvalue weighted by Crippen LogP contribution is -2.34. The molecule has 2 N–H and O–H groups in total. The van der Waals surface area contributed by atoms with E-state index in [9.17, 15) is 0 Å². The Morgan fingerprint density at radius 2 is 1.86 bits per heavy atom. The van der Waals surface area contributed by atoms with Crippen molar-refractivity contribution in [2.75, 3.05) is 23.3 Å². The average molecular weight is 398 g/mol. The van der Waals surface area contributed by atoms with Gasteiger partial charge in [0.1, 0.15) is 5.75 Å². The highest BCUT2D eigenvalue weighted by Gasteiger charge is 2.16. The third kappa shape index (κ3) is 6.13. The molecule has 2 aromatic carbocycles. The fourth-order valence-electron chi connectivity index (χ4n) is 3.50. The summed E-state index contributed by atoms with van der Waals surface area (Å²) in [5.74, 6) is 1.65. The molecular formula is C23H31N3OS. The van der Waals surface area contributed by atoms with E-state index in [1.807, 2.05) is 38.1 Å². The zero-order chi connectivity index (χ0) is 19.9. The lowest BCUT2D eigenvalue weighted by Gasteiger charge is -2.32. The van der Waals surface area contributed by atoms with Crippen LogP contribution in [0.15, 0.2) is 48.5 Å². The van der Waals surface area contributed by atoms with E-state index in [1.165, 1.54) is 24.1 Å². The largest absolute Gasteiger partial charge is 0.491 e. The predicted octanol–water partition coefficient (Wildman–Crippen LogP) is 5.20. The van der Waals surface area contributed by atoms with Gasteiger partial charge in [-0.05, 0) is 86.8 Å². The van der Waals surface area contributed by atoms with Gasteiger partial charge in [0.15, 0.2) is 5.11 Å². The van der Waals surface area contributed by atoms with Crippen molar-refractivity contribution < 1.29 is 4.74 Å². The Morgan fingerprint density at radius 3 is 2.50 bits per heavy atom. The molecule has 0 aromatic heterocycles. The molecule has 4 nitrogen and oxygen atoms in total. The highest BCUT2D eigenvalue weighted by molar-refractivity contribution is 7.80. The lowest BCUT2D eigenvalue weighted by molar-refractivity contribution is 0.242. The van der Waals surface area contributed by atoms with Crippen LogP contribution in [0, 0.1) is 5.92 Å². The zero-order valence-corrected chi connectivity index (χ0v) is 17.9. The monoisotopic (exact) mass is 397 g/mol. The Labute approximate surface area is 174 Å². The molecule has 2 aromatic rings. The van der Waals surface area contributed by atoms with Crippen LogP contribution < -0.4 is 20.3 Å². The first-order valence-electron chi connectivity index (χ1n) is 10.1. The van der Waals surface area contributed by atoms with Crippen molar-refractivity contribution in [1.29, 1.82) is 0 Å². The van der Waals surface area contributed by atoms with Crippen LogP contribution in [0.5, 0.6) is 5.75 Å². The lowest BCUT2D eigenvalue weighted by atomic mass is 9.99. The van der Waals surface area contributed by atoms with Crippen LogP contribution >= 0.6 is 12.2 Å². The zero-order valence-electron chi connectivity index (χ0n) is 17.1. The molecule has 1 heterocycles. The van der Waals surface area contributed by atoms with Crippen LogP contribution in [0.1, 0.15) is 39.2 Å². The van der Waals surface area contributed by atoms with Crippen LogP contribution in [-0.2, 0) is 6.54 Å². The number of benzene rings is 2. The molecule has 0 amide bonds. The van der Waals surface area contributed by atoms with Gasteiger partial charge in [-0.15, -0.1) is 0 Å². The summed E-state index contributed by atoms with van der Waals surface area (Å²) in [6, 6.07) is 16.7. The molecule has 1 saturated heterocycles. The van der Waals surface area contributed by atoms with Gasteiger partial charge in [-0.2, -0.15) is 0 Å². The Hall–Kier alpha value is -2.27. The fraction of sp³-hybridized carbons (Fsp3) is 0.435. The topological polar surface area (TPSA) is 36.5 Å². The normalized spacial score (nSPS) is 16.7. The number of ether oxygens (including phenoxy) is 1. The van der Waals surface area contributed by atoms with Crippen molar-refractivity contribution in [1.82, 2.24) is 5.32 Å². The standard InChI is InChI=1S/C23H31N3OS/c1-17(2)27-22-12-8-20(9-13-22)25-23(28)24-15-19-6-10-21(11-7-19)26-14-4-5-18(3)16-26/h6-13,17-18H,4-5,14-16H2,1-3H3,(H2,24,25,28)/t18-/m0/s1. The van der Waals surface area contributed by atoms with E-state index in [4.69, 9.17) is 17.0 Å². The van der Waals surface area contributed by atoms with E-state index in [0.717, 1.165) is 30.4 Å². The number of hydrogen-bond donors (Lipinski definition) is 2. The highest BCUT2D eigenvalue weighted by Crippen LogP contribution is 2.23. The number of anilines is 2. The van der Waals surface area contributed by atoms with Crippen molar-refractivity contribution in [3.63, 3.8) is 0 Å². The minimum absolute atomic E-state index is 0.172. The Kier molecular flexibility index (Phi) is 7.15. The molecule has 1 aliphatic rings. The Balaban J connectivity index is 1.46. The van der Waals surface area contributed by atoms with Gasteiger partial charge < -0.3 is 20.3 Å². The first-order chi connectivity index (χ1) is 13.5. The molecule has 0 bridgehead atoms. The summed E-state index contributed by atoms with van der Waals surface area (Å²) in [5, 5.41) is 7.11. The second-order valence-electron chi connectivity index (χ2n) is 7.86. The number of thiocarbonyl (C=S) groups is 1. The van der Waals surface area contributed by atoms with E-state index in [2.05, 4.69) is 46.7 Å². The second-order valence-corrected chi connectivity index (χ2v) is 8.27. The van der Waals surface area contributed by atoms with Gasteiger partial charge in [-0.25, -0.2) is 0 Å². The first kappa shape index (κ1) is 20.5. The summed E-state index contributed by atoms with van der Waals surface area (Å²) in [6.07, 6.45) is 2.80. The van der Waals surface area contributed by atoms with E-state index >= 15 is 0 Å². The summed E-state index contributed by atoms with van der Waals surface area (Å²) in [7, 11) is 0. The molecule has 0 spiro atoms. The molecule has 0 radical (unpaired) electrons. The van der Waals surface area contributed by atoms with E-state index in [1.54, 1.807) is 0 Å². The third-order valence-corrected chi connectivity index (χ3v) is 5.14. The van der Waals surface area contributed by atoms with Crippen molar-refractivity contribution in [3.8, 4) is 5.75 Å². The second kappa shape index (κ2) is 9.78. The molecule has 0 saturated carbocycles. The maximum absolute atomic E-state index is 5.66. The van der Waals surface area contributed by atoms with Gasteiger partial charge in [-0.1, -0.05) is 19.1 Å². The van der Waals surface area contributed by atoms with Crippen molar-refractivity contribution in [2.24, 2.45) is 5.92 Å². The van der Waals surface area contributed by atoms with Crippen LogP contribution in [0.2, 0.25) is 0 Å². The van der Waals surface area contributed by atoms with Crippen molar-refractivity contribution in [3.05, 3.63) is 54.1 Å². The maximum atomic E-state index is 5.66. The molecular weight excluding hydrogens is 366 g/mol.